The van der Waals surface area contributed by atoms with Crippen molar-refractivity contribution >= 4 is 11.3 Å². The maximum atomic E-state index is 3.37. The highest BCUT2D eigenvalue weighted by Crippen LogP contribution is 2.43. The third kappa shape index (κ3) is 1.72. The molecule has 1 atom stereocenters. The van der Waals surface area contributed by atoms with Crippen molar-refractivity contribution < 1.29 is 0 Å². The van der Waals surface area contributed by atoms with E-state index in [-0.39, 0.29) is 0 Å². The fourth-order valence-electron chi connectivity index (χ4n) is 3.35. The Bertz CT molecular complexity index is 380. The van der Waals surface area contributed by atoms with E-state index < -0.39 is 0 Å². The third-order valence-corrected chi connectivity index (χ3v) is 5.61. The van der Waals surface area contributed by atoms with Crippen LogP contribution in [-0.4, -0.2) is 13.6 Å². The van der Waals surface area contributed by atoms with Gasteiger partial charge in [0.05, 0.1) is 0 Å². The largest absolute Gasteiger partial charge is 0.319 e. The van der Waals surface area contributed by atoms with Crippen LogP contribution in [0.3, 0.4) is 0 Å². The van der Waals surface area contributed by atoms with Crippen LogP contribution in [0.1, 0.15) is 52.5 Å². The second kappa shape index (κ2) is 4.50. The number of aryl methyl sites for hydroxylation is 1. The summed E-state index contributed by atoms with van der Waals surface area (Å²) >= 11 is 2.15. The highest BCUT2D eigenvalue weighted by Gasteiger charge is 2.27. The van der Waals surface area contributed by atoms with Crippen molar-refractivity contribution in [1.82, 2.24) is 5.32 Å². The molecule has 2 aliphatic carbocycles. The molecule has 88 valence electrons. The predicted molar refractivity (Wildman–Crippen MR) is 70.6 cm³/mol. The molecule has 16 heavy (non-hydrogen) atoms. The van der Waals surface area contributed by atoms with Gasteiger partial charge in [0, 0.05) is 22.2 Å². The quantitative estimate of drug-likeness (QED) is 0.829. The first-order valence-electron chi connectivity index (χ1n) is 6.68. The molecule has 0 fully saturated rings. The molecule has 1 nitrogen and oxygen atoms in total. The van der Waals surface area contributed by atoms with Crippen LogP contribution in [0.4, 0.5) is 0 Å². The van der Waals surface area contributed by atoms with Gasteiger partial charge in [0.15, 0.2) is 0 Å². The summed E-state index contributed by atoms with van der Waals surface area (Å²) in [7, 11) is 2.09. The zero-order valence-corrected chi connectivity index (χ0v) is 11.0. The second-order valence-electron chi connectivity index (χ2n) is 5.20. The molecule has 0 saturated carbocycles. The van der Waals surface area contributed by atoms with Crippen LogP contribution in [0.5, 0.6) is 0 Å². The lowest BCUT2D eigenvalue weighted by molar-refractivity contribution is 0.535. The maximum Gasteiger partial charge on any atom is 0.0127 e. The minimum absolute atomic E-state index is 0.810. The van der Waals surface area contributed by atoms with Crippen LogP contribution >= 0.6 is 11.3 Å². The predicted octanol–water partition coefficient (Wildman–Crippen LogP) is 3.27. The fraction of sp³-hybridized carbons (Fsp3) is 0.714. The molecule has 3 rings (SSSR count). The van der Waals surface area contributed by atoms with Gasteiger partial charge in [-0.15, -0.1) is 11.3 Å². The zero-order valence-electron chi connectivity index (χ0n) is 10.1. The van der Waals surface area contributed by atoms with Crippen molar-refractivity contribution in [2.24, 2.45) is 0 Å². The molecule has 0 aromatic carbocycles. The van der Waals surface area contributed by atoms with E-state index in [0.717, 1.165) is 5.92 Å². The number of hydrogen-bond donors (Lipinski definition) is 1. The van der Waals surface area contributed by atoms with Gasteiger partial charge in [-0.3, -0.25) is 0 Å². The lowest BCUT2D eigenvalue weighted by atomic mass is 9.84. The Morgan fingerprint density at radius 2 is 1.94 bits per heavy atom. The van der Waals surface area contributed by atoms with Gasteiger partial charge in [-0.05, 0) is 63.1 Å². The van der Waals surface area contributed by atoms with E-state index in [1.54, 1.807) is 20.9 Å². The summed E-state index contributed by atoms with van der Waals surface area (Å²) in [5, 5.41) is 3.37. The molecule has 0 amide bonds. The number of fused-ring (bicyclic) bond motifs is 3. The van der Waals surface area contributed by atoms with E-state index in [1.807, 2.05) is 0 Å². The summed E-state index contributed by atoms with van der Waals surface area (Å²) in [6.07, 6.45) is 9.74. The maximum absolute atomic E-state index is 3.37. The van der Waals surface area contributed by atoms with Crippen molar-refractivity contribution in [2.45, 2.75) is 50.9 Å². The van der Waals surface area contributed by atoms with Crippen LogP contribution in [0.15, 0.2) is 0 Å². The van der Waals surface area contributed by atoms with Crippen molar-refractivity contribution in [3.63, 3.8) is 0 Å². The number of thiophene rings is 1. The third-order valence-electron chi connectivity index (χ3n) is 4.11. The summed E-state index contributed by atoms with van der Waals surface area (Å²) in [6, 6.07) is 0. The first-order chi connectivity index (χ1) is 7.90. The van der Waals surface area contributed by atoms with Gasteiger partial charge in [-0.25, -0.2) is 0 Å². The van der Waals surface area contributed by atoms with E-state index in [9.17, 15) is 0 Å². The molecular weight excluding hydrogens is 214 g/mol. The highest BCUT2D eigenvalue weighted by molar-refractivity contribution is 7.12. The Balaban J connectivity index is 1.98. The Morgan fingerprint density at radius 1 is 1.12 bits per heavy atom. The first kappa shape index (κ1) is 10.8. The van der Waals surface area contributed by atoms with E-state index in [0.29, 0.717) is 0 Å². The first-order valence-corrected chi connectivity index (χ1v) is 7.49. The number of hydrogen-bond acceptors (Lipinski definition) is 2. The van der Waals surface area contributed by atoms with Gasteiger partial charge < -0.3 is 5.32 Å². The molecule has 1 aromatic heterocycles. The average Bonchev–Trinajstić information content (AvgIpc) is 2.69. The molecule has 2 heteroatoms. The summed E-state index contributed by atoms with van der Waals surface area (Å²) < 4.78 is 0. The van der Waals surface area contributed by atoms with Crippen LogP contribution in [-0.2, 0) is 19.3 Å². The molecule has 1 aromatic rings. The highest BCUT2D eigenvalue weighted by atomic mass is 32.1. The molecule has 0 bridgehead atoms. The van der Waals surface area contributed by atoms with Gasteiger partial charge in [0.1, 0.15) is 0 Å². The van der Waals surface area contributed by atoms with Crippen LogP contribution in [0.2, 0.25) is 0 Å². The Labute approximate surface area is 102 Å². The van der Waals surface area contributed by atoms with Gasteiger partial charge >= 0.3 is 0 Å². The van der Waals surface area contributed by atoms with Crippen molar-refractivity contribution in [3.8, 4) is 0 Å². The van der Waals surface area contributed by atoms with Gasteiger partial charge in [-0.1, -0.05) is 0 Å². The molecule has 0 spiro atoms. The number of nitrogens with one attached hydrogen (secondary N) is 1. The van der Waals surface area contributed by atoms with Crippen molar-refractivity contribution in [1.29, 1.82) is 0 Å². The zero-order chi connectivity index (χ0) is 11.0. The Morgan fingerprint density at radius 3 is 2.81 bits per heavy atom. The van der Waals surface area contributed by atoms with E-state index >= 15 is 0 Å². The summed E-state index contributed by atoms with van der Waals surface area (Å²) in [5.74, 6) is 0.810. The topological polar surface area (TPSA) is 12.0 Å². The van der Waals surface area contributed by atoms with Crippen molar-refractivity contribution in [2.75, 3.05) is 13.6 Å². The van der Waals surface area contributed by atoms with Crippen LogP contribution < -0.4 is 5.32 Å². The number of rotatable bonds is 2. The van der Waals surface area contributed by atoms with E-state index in [4.69, 9.17) is 0 Å². The normalized spacial score (nSPS) is 23.9. The van der Waals surface area contributed by atoms with Crippen molar-refractivity contribution in [3.05, 3.63) is 20.9 Å². The van der Waals surface area contributed by atoms with Crippen LogP contribution in [0, 0.1) is 0 Å². The SMILES string of the molecule is CNCC1CCCc2c1sc1c2CCCC1. The summed E-state index contributed by atoms with van der Waals surface area (Å²) in [5.41, 5.74) is 3.54. The summed E-state index contributed by atoms with van der Waals surface area (Å²) in [4.78, 5) is 3.48. The fourth-order valence-corrected chi connectivity index (χ4v) is 4.93. The van der Waals surface area contributed by atoms with E-state index in [1.165, 1.54) is 51.5 Å². The molecule has 1 N–H and O–H groups in total. The molecule has 2 aliphatic rings. The smallest absolute Gasteiger partial charge is 0.0127 e. The number of likely N-dealkylation sites (N-methyl/N-ethyl adjacent to an activating group) is 1. The minimum atomic E-state index is 0.810. The van der Waals surface area contributed by atoms with E-state index in [2.05, 4.69) is 23.7 Å². The van der Waals surface area contributed by atoms with Gasteiger partial charge in [-0.2, -0.15) is 0 Å². The minimum Gasteiger partial charge on any atom is -0.319 e. The second-order valence-corrected chi connectivity index (χ2v) is 6.34. The standard InChI is InChI=1S/C14H21NS/c1-15-9-10-5-4-7-12-11-6-2-3-8-13(11)16-14(10)12/h10,15H,2-9H2,1H3. The summed E-state index contributed by atoms with van der Waals surface area (Å²) in [6.45, 7) is 1.17. The monoisotopic (exact) mass is 235 g/mol. The molecule has 0 radical (unpaired) electrons. The van der Waals surface area contributed by atoms with Gasteiger partial charge in [0.25, 0.3) is 0 Å². The average molecular weight is 235 g/mol. The lowest BCUT2D eigenvalue weighted by Crippen LogP contribution is -2.20. The van der Waals surface area contributed by atoms with Gasteiger partial charge in [0.2, 0.25) is 0 Å². The molecule has 1 heterocycles. The lowest BCUT2D eigenvalue weighted by Gasteiger charge is -2.23. The molecule has 0 saturated heterocycles. The molecule has 1 unspecified atom stereocenters. The molecule has 0 aliphatic heterocycles. The van der Waals surface area contributed by atoms with Crippen LogP contribution in [0.25, 0.3) is 0 Å². The Kier molecular flexibility index (Phi) is 3.03. The molecular formula is C14H21NS. The Hall–Kier alpha value is -0.340.